The number of anilines is 1. The van der Waals surface area contributed by atoms with E-state index in [1.54, 1.807) is 0 Å². The number of halogens is 3. The van der Waals surface area contributed by atoms with Crippen molar-refractivity contribution in [2.75, 3.05) is 11.9 Å². The van der Waals surface area contributed by atoms with Gasteiger partial charge in [0.05, 0.1) is 22.6 Å². The average Bonchev–Trinajstić information content (AvgIpc) is 2.99. The lowest BCUT2D eigenvalue weighted by molar-refractivity contribution is -0.137. The molecule has 234 valence electrons. The molecule has 14 heteroatoms. The molecule has 3 aromatic rings. The van der Waals surface area contributed by atoms with Crippen molar-refractivity contribution in [3.05, 3.63) is 95.1 Å². The van der Waals surface area contributed by atoms with Crippen LogP contribution >= 0.6 is 0 Å². The molecule has 0 radical (unpaired) electrons. The van der Waals surface area contributed by atoms with Gasteiger partial charge in [0.25, 0.3) is 11.8 Å². The van der Waals surface area contributed by atoms with E-state index in [9.17, 15) is 36.0 Å². The van der Waals surface area contributed by atoms with Crippen molar-refractivity contribution in [3.63, 3.8) is 0 Å². The van der Waals surface area contributed by atoms with Gasteiger partial charge in [0, 0.05) is 29.9 Å². The van der Waals surface area contributed by atoms with Gasteiger partial charge < -0.3 is 21.3 Å². The molecule has 2 atom stereocenters. The number of primary sulfonamides is 1. The summed E-state index contributed by atoms with van der Waals surface area (Å²) in [6.45, 7) is -0.239. The van der Waals surface area contributed by atoms with Crippen molar-refractivity contribution in [1.29, 1.82) is 0 Å². The molecule has 3 aromatic carbocycles. The lowest BCUT2D eigenvalue weighted by atomic mass is 9.90. The van der Waals surface area contributed by atoms with E-state index >= 15 is 0 Å². The van der Waals surface area contributed by atoms with Gasteiger partial charge in [-0.2, -0.15) is 13.2 Å². The molecule has 0 saturated heterocycles. The second-order valence-corrected chi connectivity index (χ2v) is 11.9. The molecular formula is C30H32F3N5O5S. The van der Waals surface area contributed by atoms with Crippen molar-refractivity contribution in [2.24, 2.45) is 5.14 Å². The van der Waals surface area contributed by atoms with Crippen LogP contribution in [0.3, 0.4) is 0 Å². The Bertz CT molecular complexity index is 1600. The number of hydrogen-bond donors (Lipinski definition) is 5. The fraction of sp³-hybridized carbons (Fsp3) is 0.300. The smallest absolute Gasteiger partial charge is 0.380 e. The van der Waals surface area contributed by atoms with E-state index in [2.05, 4.69) is 21.3 Å². The van der Waals surface area contributed by atoms with E-state index < -0.39 is 58.1 Å². The molecule has 0 aromatic heterocycles. The van der Waals surface area contributed by atoms with Crippen LogP contribution in [0.4, 0.5) is 18.9 Å². The molecule has 0 aliphatic heterocycles. The number of rotatable bonds is 10. The van der Waals surface area contributed by atoms with Gasteiger partial charge in [0.15, 0.2) is 0 Å². The van der Waals surface area contributed by atoms with Crippen molar-refractivity contribution in [3.8, 4) is 0 Å². The summed E-state index contributed by atoms with van der Waals surface area (Å²) in [5, 5.41) is 16.1. The van der Waals surface area contributed by atoms with E-state index in [1.807, 2.05) is 30.3 Å². The number of benzene rings is 3. The maximum atomic E-state index is 13.4. The second kappa shape index (κ2) is 13.9. The molecule has 1 aliphatic rings. The monoisotopic (exact) mass is 631 g/mol. The van der Waals surface area contributed by atoms with Gasteiger partial charge in [-0.15, -0.1) is 0 Å². The molecule has 6 N–H and O–H groups in total. The van der Waals surface area contributed by atoms with Crippen LogP contribution < -0.4 is 26.4 Å². The Morgan fingerprint density at radius 2 is 1.48 bits per heavy atom. The van der Waals surface area contributed by atoms with E-state index in [1.165, 1.54) is 30.3 Å². The Kier molecular flexibility index (Phi) is 10.3. The molecule has 0 heterocycles. The molecule has 0 unspecified atom stereocenters. The van der Waals surface area contributed by atoms with Gasteiger partial charge in [-0.25, -0.2) is 13.6 Å². The lowest BCUT2D eigenvalue weighted by Crippen LogP contribution is -2.54. The topological polar surface area (TPSA) is 159 Å². The maximum absolute atomic E-state index is 13.4. The van der Waals surface area contributed by atoms with Crippen molar-refractivity contribution < 1.29 is 36.0 Å². The third kappa shape index (κ3) is 8.80. The molecule has 1 aliphatic carbocycles. The summed E-state index contributed by atoms with van der Waals surface area (Å²) in [6.07, 6.45) is -1.97. The predicted molar refractivity (Wildman–Crippen MR) is 157 cm³/mol. The summed E-state index contributed by atoms with van der Waals surface area (Å²) >= 11 is 0. The second-order valence-electron chi connectivity index (χ2n) is 10.4. The van der Waals surface area contributed by atoms with Crippen molar-refractivity contribution in [2.45, 2.75) is 55.4 Å². The molecule has 1 saturated carbocycles. The van der Waals surface area contributed by atoms with Gasteiger partial charge in [0.2, 0.25) is 15.9 Å². The van der Waals surface area contributed by atoms with Crippen molar-refractivity contribution in [1.82, 2.24) is 16.0 Å². The quantitative estimate of drug-likeness (QED) is 0.230. The van der Waals surface area contributed by atoms with Crippen LogP contribution in [0.15, 0.2) is 77.7 Å². The molecular weight excluding hydrogens is 599 g/mol. The molecule has 10 nitrogen and oxygen atoms in total. The third-order valence-corrected chi connectivity index (χ3v) is 8.13. The molecule has 1 fully saturated rings. The minimum absolute atomic E-state index is 0.136. The van der Waals surface area contributed by atoms with Crippen LogP contribution in [-0.2, 0) is 27.5 Å². The first-order valence-electron chi connectivity index (χ1n) is 13.8. The summed E-state index contributed by atoms with van der Waals surface area (Å²) in [5.74, 6) is -1.91. The third-order valence-electron chi connectivity index (χ3n) is 7.20. The standard InChI is InChI=1S/C30H32F3N5O5S/c31-30(32,33)21-12-15-24(35-17-19-6-2-1-3-7-19)23(16-21)29(41)36-18-27(39)37-25-8-4-5-9-26(25)38-28(40)20-10-13-22(14-11-20)44(34,42)43/h1-3,6-7,10-16,25-26,35H,4-5,8-9,17-18H2,(H,36,41)(H,37,39)(H,38,40)(H2,34,42,43)/t25-,26+/m1/s1. The van der Waals surface area contributed by atoms with Crippen LogP contribution in [0.5, 0.6) is 0 Å². The first-order chi connectivity index (χ1) is 20.8. The lowest BCUT2D eigenvalue weighted by Gasteiger charge is -2.33. The Hall–Kier alpha value is -4.43. The Morgan fingerprint density at radius 1 is 0.841 bits per heavy atom. The normalized spacial score (nSPS) is 16.9. The average molecular weight is 632 g/mol. The highest BCUT2D eigenvalue weighted by Gasteiger charge is 2.32. The Morgan fingerprint density at radius 3 is 2.09 bits per heavy atom. The minimum atomic E-state index is -4.67. The fourth-order valence-corrected chi connectivity index (χ4v) is 5.41. The number of carbonyl (C=O) groups excluding carboxylic acids is 3. The fourth-order valence-electron chi connectivity index (χ4n) is 4.89. The Labute approximate surface area is 252 Å². The number of nitrogens with two attached hydrogens (primary N) is 1. The van der Waals surface area contributed by atoms with Gasteiger partial charge >= 0.3 is 6.18 Å². The summed E-state index contributed by atoms with van der Waals surface area (Å²) in [7, 11) is -3.91. The zero-order chi connectivity index (χ0) is 31.9. The van der Waals surface area contributed by atoms with Gasteiger partial charge in [0.1, 0.15) is 0 Å². The van der Waals surface area contributed by atoms with Crippen LogP contribution in [0.25, 0.3) is 0 Å². The van der Waals surface area contributed by atoms with Crippen molar-refractivity contribution >= 4 is 33.4 Å². The predicted octanol–water partition coefficient (Wildman–Crippen LogP) is 3.55. The maximum Gasteiger partial charge on any atom is 0.416 e. The largest absolute Gasteiger partial charge is 0.416 e. The van der Waals surface area contributed by atoms with E-state index in [0.717, 1.165) is 30.5 Å². The summed E-state index contributed by atoms with van der Waals surface area (Å²) < 4.78 is 63.2. The van der Waals surface area contributed by atoms with E-state index in [-0.39, 0.29) is 28.3 Å². The molecule has 44 heavy (non-hydrogen) atoms. The summed E-state index contributed by atoms with van der Waals surface area (Å²) in [5.41, 5.74) is -0.0324. The SMILES string of the molecule is NS(=O)(=O)c1ccc(C(=O)N[C@H]2CCCC[C@H]2NC(=O)CNC(=O)c2cc(C(F)(F)F)ccc2NCc2ccccc2)cc1. The zero-order valence-corrected chi connectivity index (χ0v) is 24.3. The van der Waals surface area contributed by atoms with E-state index in [0.29, 0.717) is 12.8 Å². The van der Waals surface area contributed by atoms with Crippen LogP contribution in [0.2, 0.25) is 0 Å². The highest BCUT2D eigenvalue weighted by atomic mass is 32.2. The molecule has 0 spiro atoms. The molecule has 3 amide bonds. The summed E-state index contributed by atoms with van der Waals surface area (Å²) in [6, 6.07) is 16.1. The minimum Gasteiger partial charge on any atom is -0.380 e. The number of alkyl halides is 3. The first kappa shape index (κ1) is 32.5. The number of sulfonamides is 1. The number of hydrogen-bond acceptors (Lipinski definition) is 6. The molecule has 0 bridgehead atoms. The van der Waals surface area contributed by atoms with E-state index in [4.69, 9.17) is 5.14 Å². The Balaban J connectivity index is 1.38. The summed E-state index contributed by atoms with van der Waals surface area (Å²) in [4.78, 5) is 38.5. The van der Waals surface area contributed by atoms with Gasteiger partial charge in [-0.3, -0.25) is 14.4 Å². The van der Waals surface area contributed by atoms with Crippen LogP contribution in [0.1, 0.15) is 57.5 Å². The van der Waals surface area contributed by atoms with Gasteiger partial charge in [-0.1, -0.05) is 43.2 Å². The highest BCUT2D eigenvalue weighted by Crippen LogP contribution is 2.32. The highest BCUT2D eigenvalue weighted by molar-refractivity contribution is 7.89. The number of amides is 3. The first-order valence-corrected chi connectivity index (χ1v) is 15.4. The van der Waals surface area contributed by atoms with Crippen LogP contribution in [0, 0.1) is 0 Å². The number of nitrogens with one attached hydrogen (secondary N) is 4. The van der Waals surface area contributed by atoms with Crippen LogP contribution in [-0.4, -0.2) is 44.8 Å². The zero-order valence-electron chi connectivity index (χ0n) is 23.5. The van der Waals surface area contributed by atoms with Gasteiger partial charge in [-0.05, 0) is 60.9 Å². The number of carbonyl (C=O) groups is 3. The molecule has 4 rings (SSSR count).